The summed E-state index contributed by atoms with van der Waals surface area (Å²) in [5, 5.41) is 3.72. The Kier molecular flexibility index (Phi) is 5.31. The third-order valence-corrected chi connectivity index (χ3v) is 4.02. The Morgan fingerprint density at radius 1 is 1.07 bits per heavy atom. The van der Waals surface area contributed by atoms with E-state index in [-0.39, 0.29) is 0 Å². The van der Waals surface area contributed by atoms with Gasteiger partial charge in [-0.1, -0.05) is 29.8 Å². The highest BCUT2D eigenvalue weighted by Gasteiger charge is 2.35. The first-order chi connectivity index (χ1) is 12.7. The number of alkyl halides is 3. The second-order valence-electron chi connectivity index (χ2n) is 5.71. The van der Waals surface area contributed by atoms with Crippen LogP contribution in [0, 0.1) is 6.92 Å². The Morgan fingerprint density at radius 2 is 1.70 bits per heavy atom. The van der Waals surface area contributed by atoms with Crippen molar-refractivity contribution in [3.8, 4) is 16.9 Å². The van der Waals surface area contributed by atoms with Crippen molar-refractivity contribution in [2.75, 3.05) is 5.43 Å². The molecule has 10 heteroatoms. The van der Waals surface area contributed by atoms with Crippen LogP contribution in [0.1, 0.15) is 11.3 Å². The van der Waals surface area contributed by atoms with Crippen molar-refractivity contribution in [2.24, 2.45) is 0 Å². The molecular formula is C17H15F3N4O2S. The molecule has 0 aliphatic heterocycles. The maximum absolute atomic E-state index is 13.2. The van der Waals surface area contributed by atoms with Gasteiger partial charge in [-0.25, -0.2) is 8.89 Å². The van der Waals surface area contributed by atoms with Gasteiger partial charge >= 0.3 is 6.18 Å². The summed E-state index contributed by atoms with van der Waals surface area (Å²) in [6.45, 7) is 1.89. The molecule has 6 nitrogen and oxygen atoms in total. The summed E-state index contributed by atoms with van der Waals surface area (Å²) < 4.78 is 60.0. The van der Waals surface area contributed by atoms with E-state index >= 15 is 0 Å². The highest BCUT2D eigenvalue weighted by atomic mass is 32.2. The average molecular weight is 396 g/mol. The summed E-state index contributed by atoms with van der Waals surface area (Å²) >= 11 is -2.25. The molecule has 1 heterocycles. The maximum Gasteiger partial charge on any atom is 0.435 e. The van der Waals surface area contributed by atoms with Crippen molar-refractivity contribution in [2.45, 2.75) is 13.1 Å². The molecule has 0 fully saturated rings. The third kappa shape index (κ3) is 4.54. The van der Waals surface area contributed by atoms with Crippen molar-refractivity contribution in [1.82, 2.24) is 14.6 Å². The fourth-order valence-corrected chi connectivity index (χ4v) is 2.64. The lowest BCUT2D eigenvalue weighted by Crippen LogP contribution is -2.23. The average Bonchev–Trinajstić information content (AvgIpc) is 3.07. The number of halogens is 3. The lowest BCUT2D eigenvalue weighted by Gasteiger charge is -2.10. The largest absolute Gasteiger partial charge is 0.435 e. The van der Waals surface area contributed by atoms with Crippen LogP contribution in [0.2, 0.25) is 0 Å². The van der Waals surface area contributed by atoms with Gasteiger partial charge in [0.1, 0.15) is 0 Å². The molecule has 0 amide bonds. The van der Waals surface area contributed by atoms with Gasteiger partial charge in [0.25, 0.3) is 0 Å². The van der Waals surface area contributed by atoms with Crippen molar-refractivity contribution in [3.63, 3.8) is 0 Å². The Bertz CT molecular complexity index is 954. The van der Waals surface area contributed by atoms with E-state index in [9.17, 15) is 17.4 Å². The summed E-state index contributed by atoms with van der Waals surface area (Å²) in [7, 11) is 0. The molecule has 3 aromatic rings. The SMILES string of the molecule is Cc1ccc(-c2cc(C(F)(F)F)nn2-c2ccc(NNS(=O)O)cc2)cc1. The van der Waals surface area contributed by atoms with Crippen LogP contribution in [0.3, 0.4) is 0 Å². The summed E-state index contributed by atoms with van der Waals surface area (Å²) in [4.78, 5) is 2.09. The van der Waals surface area contributed by atoms with Crippen molar-refractivity contribution >= 4 is 17.0 Å². The lowest BCUT2D eigenvalue weighted by molar-refractivity contribution is -0.141. The van der Waals surface area contributed by atoms with E-state index in [0.29, 0.717) is 22.6 Å². The molecule has 27 heavy (non-hydrogen) atoms. The van der Waals surface area contributed by atoms with Gasteiger partial charge < -0.3 is 5.43 Å². The van der Waals surface area contributed by atoms with E-state index in [1.807, 2.05) is 19.1 Å². The molecule has 0 bridgehead atoms. The molecule has 0 aliphatic rings. The van der Waals surface area contributed by atoms with E-state index in [2.05, 4.69) is 15.4 Å². The zero-order valence-corrected chi connectivity index (χ0v) is 14.8. The monoisotopic (exact) mass is 396 g/mol. The smallest absolute Gasteiger partial charge is 0.308 e. The van der Waals surface area contributed by atoms with Gasteiger partial charge in [0.2, 0.25) is 11.3 Å². The molecule has 3 rings (SSSR count). The Morgan fingerprint density at radius 3 is 2.26 bits per heavy atom. The Labute approximate surface area is 155 Å². The van der Waals surface area contributed by atoms with Crippen LogP contribution in [0.5, 0.6) is 0 Å². The number of hydrogen-bond donors (Lipinski definition) is 3. The second kappa shape index (κ2) is 7.51. The fraction of sp³-hybridized carbons (Fsp3) is 0.118. The number of aromatic nitrogens is 2. The number of hydrogen-bond acceptors (Lipinski definition) is 3. The van der Waals surface area contributed by atoms with E-state index in [4.69, 9.17) is 4.55 Å². The third-order valence-electron chi connectivity index (χ3n) is 3.74. The zero-order valence-electron chi connectivity index (χ0n) is 14.0. The van der Waals surface area contributed by atoms with Crippen LogP contribution in [0.25, 0.3) is 16.9 Å². The highest BCUT2D eigenvalue weighted by Crippen LogP contribution is 2.33. The molecule has 0 aliphatic carbocycles. The summed E-state index contributed by atoms with van der Waals surface area (Å²) in [6, 6.07) is 14.3. The standard InChI is InChI=1S/C17H15F3N4O2S/c1-11-2-4-12(5-3-11)15-10-16(17(18,19)20)22-24(15)14-8-6-13(7-9-14)21-23-27(25)26/h2-10,21,23H,1H3,(H,25,26). The normalized spacial score (nSPS) is 12.8. The van der Waals surface area contributed by atoms with Gasteiger partial charge in [0.15, 0.2) is 5.69 Å². The maximum atomic E-state index is 13.2. The minimum Gasteiger partial charge on any atom is -0.308 e. The number of anilines is 1. The van der Waals surface area contributed by atoms with Gasteiger partial charge in [-0.15, -0.1) is 4.83 Å². The first-order valence-electron chi connectivity index (χ1n) is 7.71. The van der Waals surface area contributed by atoms with Crippen LogP contribution in [0.4, 0.5) is 18.9 Å². The molecule has 0 saturated carbocycles. The van der Waals surface area contributed by atoms with Crippen LogP contribution < -0.4 is 10.3 Å². The van der Waals surface area contributed by atoms with Crippen LogP contribution in [-0.4, -0.2) is 18.5 Å². The number of nitrogens with one attached hydrogen (secondary N) is 2. The number of aryl methyl sites for hydroxylation is 1. The highest BCUT2D eigenvalue weighted by molar-refractivity contribution is 7.77. The minimum atomic E-state index is -4.57. The van der Waals surface area contributed by atoms with Gasteiger partial charge in [-0.05, 0) is 37.3 Å². The number of nitrogens with zero attached hydrogens (tertiary/aromatic N) is 2. The Balaban J connectivity index is 2.01. The van der Waals surface area contributed by atoms with Crippen LogP contribution in [-0.2, 0) is 17.4 Å². The van der Waals surface area contributed by atoms with Gasteiger partial charge in [0, 0.05) is 11.3 Å². The van der Waals surface area contributed by atoms with Gasteiger partial charge in [0.05, 0.1) is 11.4 Å². The Hall–Kier alpha value is -2.69. The molecule has 142 valence electrons. The molecule has 0 spiro atoms. The zero-order chi connectivity index (χ0) is 19.6. The lowest BCUT2D eigenvalue weighted by atomic mass is 10.1. The molecule has 1 unspecified atom stereocenters. The van der Waals surface area contributed by atoms with E-state index in [1.54, 1.807) is 36.4 Å². The molecule has 0 saturated heterocycles. The first-order valence-corrected chi connectivity index (χ1v) is 8.82. The fourth-order valence-electron chi connectivity index (χ4n) is 2.43. The van der Waals surface area contributed by atoms with Crippen molar-refractivity contribution < 1.29 is 21.9 Å². The quantitative estimate of drug-likeness (QED) is 0.451. The minimum absolute atomic E-state index is 0.303. The van der Waals surface area contributed by atoms with Crippen LogP contribution in [0.15, 0.2) is 54.6 Å². The van der Waals surface area contributed by atoms with Crippen molar-refractivity contribution in [3.05, 3.63) is 65.9 Å². The second-order valence-corrected chi connectivity index (χ2v) is 6.42. The van der Waals surface area contributed by atoms with Crippen LogP contribution >= 0.6 is 0 Å². The predicted octanol–water partition coefficient (Wildman–Crippen LogP) is 3.92. The van der Waals surface area contributed by atoms with E-state index in [1.165, 1.54) is 4.68 Å². The van der Waals surface area contributed by atoms with Gasteiger partial charge in [-0.3, -0.25) is 4.55 Å². The molecule has 1 atom stereocenters. The summed E-state index contributed by atoms with van der Waals surface area (Å²) in [6.07, 6.45) is -4.57. The molecular weight excluding hydrogens is 381 g/mol. The first kappa shape index (κ1) is 19.1. The topological polar surface area (TPSA) is 79.2 Å². The van der Waals surface area contributed by atoms with Crippen molar-refractivity contribution in [1.29, 1.82) is 0 Å². The number of rotatable bonds is 5. The number of hydrazine groups is 1. The molecule has 3 N–H and O–H groups in total. The molecule has 1 aromatic heterocycles. The van der Waals surface area contributed by atoms with Gasteiger partial charge in [-0.2, -0.15) is 18.3 Å². The summed E-state index contributed by atoms with van der Waals surface area (Å²) in [5.41, 5.74) is 4.27. The molecule has 0 radical (unpaired) electrons. The number of benzene rings is 2. The summed E-state index contributed by atoms with van der Waals surface area (Å²) in [5.74, 6) is 0. The van der Waals surface area contributed by atoms with E-state index in [0.717, 1.165) is 11.6 Å². The van der Waals surface area contributed by atoms with E-state index < -0.39 is 23.1 Å². The predicted molar refractivity (Wildman–Crippen MR) is 96.3 cm³/mol. The molecule has 2 aromatic carbocycles.